The minimum atomic E-state index is 0.758. The molecule has 3 nitrogen and oxygen atoms in total. The molecule has 0 radical (unpaired) electrons. The highest BCUT2D eigenvalue weighted by Crippen LogP contribution is 2.27. The standard InChI is InChI=1S/C13H13NO2/c1-10(12-8-5-9-16-12)14-11-6-3-4-7-13(11)15-2/h3-9H,1-2H3. The molecule has 0 unspecified atom stereocenters. The van der Waals surface area contributed by atoms with E-state index >= 15 is 0 Å². The Hall–Kier alpha value is -2.03. The molecule has 0 aliphatic rings. The predicted molar refractivity (Wildman–Crippen MR) is 63.6 cm³/mol. The first kappa shape index (κ1) is 10.5. The summed E-state index contributed by atoms with van der Waals surface area (Å²) in [5, 5.41) is 0. The molecule has 1 aromatic carbocycles. The van der Waals surface area contributed by atoms with Crippen LogP contribution in [0.1, 0.15) is 12.7 Å². The highest BCUT2D eigenvalue weighted by Gasteiger charge is 2.03. The number of nitrogens with zero attached hydrogens (tertiary/aromatic N) is 1. The van der Waals surface area contributed by atoms with Gasteiger partial charge < -0.3 is 9.15 Å². The Labute approximate surface area is 94.4 Å². The number of furan rings is 1. The topological polar surface area (TPSA) is 34.7 Å². The summed E-state index contributed by atoms with van der Waals surface area (Å²) in [5.41, 5.74) is 1.63. The number of methoxy groups -OCH3 is 1. The van der Waals surface area contributed by atoms with Crippen LogP contribution in [0.3, 0.4) is 0 Å². The van der Waals surface area contributed by atoms with Crippen molar-refractivity contribution in [1.82, 2.24) is 0 Å². The Kier molecular flexibility index (Phi) is 3.05. The summed E-state index contributed by atoms with van der Waals surface area (Å²) < 4.78 is 10.5. The second-order valence-electron chi connectivity index (χ2n) is 3.35. The van der Waals surface area contributed by atoms with Gasteiger partial charge in [-0.2, -0.15) is 0 Å². The lowest BCUT2D eigenvalue weighted by Gasteiger charge is -2.04. The second-order valence-corrected chi connectivity index (χ2v) is 3.35. The van der Waals surface area contributed by atoms with Crippen LogP contribution in [-0.2, 0) is 0 Å². The molecule has 1 heterocycles. The monoisotopic (exact) mass is 215 g/mol. The molecule has 2 rings (SSSR count). The molecular formula is C13H13NO2. The Morgan fingerprint density at radius 2 is 2.00 bits per heavy atom. The number of benzene rings is 1. The summed E-state index contributed by atoms with van der Waals surface area (Å²) in [6.07, 6.45) is 1.64. The van der Waals surface area contributed by atoms with E-state index in [9.17, 15) is 0 Å². The van der Waals surface area contributed by atoms with Gasteiger partial charge in [-0.05, 0) is 31.2 Å². The fourth-order valence-electron chi connectivity index (χ4n) is 1.44. The highest BCUT2D eigenvalue weighted by molar-refractivity contribution is 5.98. The highest BCUT2D eigenvalue weighted by atomic mass is 16.5. The van der Waals surface area contributed by atoms with Gasteiger partial charge in [-0.15, -0.1) is 0 Å². The van der Waals surface area contributed by atoms with E-state index in [0.717, 1.165) is 22.9 Å². The summed E-state index contributed by atoms with van der Waals surface area (Å²) >= 11 is 0. The third-order valence-electron chi connectivity index (χ3n) is 2.25. The average Bonchev–Trinajstić information content (AvgIpc) is 2.83. The van der Waals surface area contributed by atoms with Crippen LogP contribution in [0.5, 0.6) is 5.75 Å². The number of para-hydroxylation sites is 2. The molecule has 1 aromatic heterocycles. The van der Waals surface area contributed by atoms with Crippen molar-refractivity contribution in [3.63, 3.8) is 0 Å². The summed E-state index contributed by atoms with van der Waals surface area (Å²) in [7, 11) is 1.64. The first-order valence-electron chi connectivity index (χ1n) is 5.03. The Bertz CT molecular complexity index is 486. The zero-order valence-electron chi connectivity index (χ0n) is 9.31. The van der Waals surface area contributed by atoms with Gasteiger partial charge in [0.05, 0.1) is 19.1 Å². The van der Waals surface area contributed by atoms with E-state index in [2.05, 4.69) is 4.99 Å². The summed E-state index contributed by atoms with van der Waals surface area (Å²) in [4.78, 5) is 4.47. The largest absolute Gasteiger partial charge is 0.494 e. The zero-order valence-corrected chi connectivity index (χ0v) is 9.31. The van der Waals surface area contributed by atoms with E-state index in [4.69, 9.17) is 9.15 Å². The Morgan fingerprint density at radius 1 is 1.19 bits per heavy atom. The van der Waals surface area contributed by atoms with Crippen LogP contribution in [0, 0.1) is 0 Å². The van der Waals surface area contributed by atoms with Crippen molar-refractivity contribution >= 4 is 11.4 Å². The smallest absolute Gasteiger partial charge is 0.147 e. The van der Waals surface area contributed by atoms with Gasteiger partial charge in [0, 0.05) is 0 Å². The van der Waals surface area contributed by atoms with E-state index in [1.165, 1.54) is 0 Å². The van der Waals surface area contributed by atoms with Crippen molar-refractivity contribution in [1.29, 1.82) is 0 Å². The molecule has 3 heteroatoms. The van der Waals surface area contributed by atoms with E-state index in [0.29, 0.717) is 0 Å². The quantitative estimate of drug-likeness (QED) is 0.735. The molecular weight excluding hydrogens is 202 g/mol. The minimum absolute atomic E-state index is 0.758. The summed E-state index contributed by atoms with van der Waals surface area (Å²) in [6, 6.07) is 11.4. The van der Waals surface area contributed by atoms with Crippen LogP contribution in [0.4, 0.5) is 5.69 Å². The lowest BCUT2D eigenvalue weighted by molar-refractivity contribution is 0.416. The maximum Gasteiger partial charge on any atom is 0.147 e. The van der Waals surface area contributed by atoms with Gasteiger partial charge in [-0.25, -0.2) is 4.99 Å². The van der Waals surface area contributed by atoms with Crippen LogP contribution < -0.4 is 4.74 Å². The maximum atomic E-state index is 5.27. The molecule has 16 heavy (non-hydrogen) atoms. The number of aliphatic imine (C=N–C) groups is 1. The average molecular weight is 215 g/mol. The normalized spacial score (nSPS) is 11.5. The first-order chi connectivity index (χ1) is 7.81. The number of hydrogen-bond acceptors (Lipinski definition) is 3. The van der Waals surface area contributed by atoms with E-state index in [-0.39, 0.29) is 0 Å². The minimum Gasteiger partial charge on any atom is -0.494 e. The molecule has 0 amide bonds. The zero-order chi connectivity index (χ0) is 11.4. The Morgan fingerprint density at radius 3 is 2.69 bits per heavy atom. The Balaban J connectivity index is 2.35. The molecule has 2 aromatic rings. The predicted octanol–water partition coefficient (Wildman–Crippen LogP) is 3.43. The summed E-state index contributed by atoms with van der Waals surface area (Å²) in [5.74, 6) is 1.53. The van der Waals surface area contributed by atoms with Crippen molar-refractivity contribution in [2.45, 2.75) is 6.92 Å². The van der Waals surface area contributed by atoms with Crippen LogP contribution >= 0.6 is 0 Å². The van der Waals surface area contributed by atoms with Crippen molar-refractivity contribution in [2.75, 3.05) is 7.11 Å². The lowest BCUT2D eigenvalue weighted by atomic mass is 10.2. The molecule has 82 valence electrons. The van der Waals surface area contributed by atoms with Gasteiger partial charge in [0.15, 0.2) is 0 Å². The molecule has 0 N–H and O–H groups in total. The molecule has 0 fully saturated rings. The van der Waals surface area contributed by atoms with E-state index in [1.54, 1.807) is 13.4 Å². The summed E-state index contributed by atoms with van der Waals surface area (Å²) in [6.45, 7) is 1.91. The van der Waals surface area contributed by atoms with Gasteiger partial charge in [0.1, 0.15) is 17.2 Å². The second kappa shape index (κ2) is 4.66. The van der Waals surface area contributed by atoms with Crippen molar-refractivity contribution < 1.29 is 9.15 Å². The molecule has 0 spiro atoms. The van der Waals surface area contributed by atoms with Crippen molar-refractivity contribution in [2.24, 2.45) is 4.99 Å². The molecule has 0 saturated heterocycles. The first-order valence-corrected chi connectivity index (χ1v) is 5.03. The van der Waals surface area contributed by atoms with Crippen LogP contribution in [-0.4, -0.2) is 12.8 Å². The van der Waals surface area contributed by atoms with Crippen molar-refractivity contribution in [3.05, 3.63) is 48.4 Å². The van der Waals surface area contributed by atoms with Gasteiger partial charge in [-0.1, -0.05) is 12.1 Å². The molecule has 0 aliphatic carbocycles. The van der Waals surface area contributed by atoms with Crippen LogP contribution in [0.15, 0.2) is 52.1 Å². The molecule has 0 saturated carbocycles. The van der Waals surface area contributed by atoms with Gasteiger partial charge >= 0.3 is 0 Å². The van der Waals surface area contributed by atoms with Gasteiger partial charge in [0.2, 0.25) is 0 Å². The number of ether oxygens (including phenoxy) is 1. The van der Waals surface area contributed by atoms with Gasteiger partial charge in [-0.3, -0.25) is 0 Å². The van der Waals surface area contributed by atoms with E-state index < -0.39 is 0 Å². The van der Waals surface area contributed by atoms with Gasteiger partial charge in [0.25, 0.3) is 0 Å². The van der Waals surface area contributed by atoms with Crippen molar-refractivity contribution in [3.8, 4) is 5.75 Å². The third-order valence-corrected chi connectivity index (χ3v) is 2.25. The van der Waals surface area contributed by atoms with Crippen LogP contribution in [0.25, 0.3) is 0 Å². The third kappa shape index (κ3) is 2.14. The maximum absolute atomic E-state index is 5.27. The number of hydrogen-bond donors (Lipinski definition) is 0. The molecule has 0 atom stereocenters. The lowest BCUT2D eigenvalue weighted by Crippen LogP contribution is -1.91. The fraction of sp³-hybridized carbons (Fsp3) is 0.154. The fourth-order valence-corrected chi connectivity index (χ4v) is 1.44. The van der Waals surface area contributed by atoms with E-state index in [1.807, 2.05) is 43.3 Å². The molecule has 0 bridgehead atoms. The van der Waals surface area contributed by atoms with Crippen LogP contribution in [0.2, 0.25) is 0 Å². The molecule has 0 aliphatic heterocycles. The number of rotatable bonds is 3. The SMILES string of the molecule is COc1ccccc1N=C(C)c1ccco1.